The lowest BCUT2D eigenvalue weighted by atomic mass is 9.79. The Kier molecular flexibility index (Phi) is 4.14. The van der Waals surface area contributed by atoms with Crippen molar-refractivity contribution in [2.45, 2.75) is 77.4 Å². The Hall–Kier alpha value is -0.0800. The molecule has 0 amide bonds. The Morgan fingerprint density at radius 1 is 1.18 bits per heavy atom. The summed E-state index contributed by atoms with van der Waals surface area (Å²) in [7, 11) is 2.13. The lowest BCUT2D eigenvalue weighted by molar-refractivity contribution is -0.00208. The van der Waals surface area contributed by atoms with Crippen molar-refractivity contribution in [3.05, 3.63) is 0 Å². The van der Waals surface area contributed by atoms with Gasteiger partial charge in [-0.1, -0.05) is 27.2 Å². The van der Waals surface area contributed by atoms with Crippen LogP contribution in [0.2, 0.25) is 0 Å². The van der Waals surface area contributed by atoms with E-state index in [4.69, 9.17) is 0 Å². The minimum atomic E-state index is 0.486. The van der Waals surface area contributed by atoms with E-state index in [1.165, 1.54) is 45.1 Å². The summed E-state index contributed by atoms with van der Waals surface area (Å²) in [6.07, 6.45) is 8.33. The van der Waals surface area contributed by atoms with Gasteiger partial charge >= 0.3 is 0 Å². The number of nitrogens with zero attached hydrogens (tertiary/aromatic N) is 1. The topological polar surface area (TPSA) is 15.3 Å². The van der Waals surface area contributed by atoms with E-state index in [2.05, 4.69) is 38.0 Å². The highest BCUT2D eigenvalue weighted by Crippen LogP contribution is 2.36. The summed E-state index contributed by atoms with van der Waals surface area (Å²) >= 11 is 0. The Labute approximate surface area is 107 Å². The van der Waals surface area contributed by atoms with Crippen LogP contribution >= 0.6 is 0 Å². The zero-order chi connectivity index (χ0) is 12.5. The molecule has 2 aliphatic rings. The van der Waals surface area contributed by atoms with E-state index in [-0.39, 0.29) is 0 Å². The Bertz CT molecular complexity index is 235. The molecule has 2 unspecified atom stereocenters. The van der Waals surface area contributed by atoms with Gasteiger partial charge in [0.1, 0.15) is 0 Å². The van der Waals surface area contributed by atoms with Crippen LogP contribution in [0.15, 0.2) is 0 Å². The average Bonchev–Trinajstić information content (AvgIpc) is 2.28. The van der Waals surface area contributed by atoms with E-state index in [1.807, 2.05) is 0 Å². The zero-order valence-corrected chi connectivity index (χ0v) is 12.1. The Morgan fingerprint density at radius 2 is 1.76 bits per heavy atom. The van der Waals surface area contributed by atoms with Gasteiger partial charge < -0.3 is 5.32 Å². The fourth-order valence-corrected chi connectivity index (χ4v) is 3.58. The Balaban J connectivity index is 2.02. The third-order valence-electron chi connectivity index (χ3n) is 5.10. The molecule has 1 N–H and O–H groups in total. The van der Waals surface area contributed by atoms with E-state index < -0.39 is 0 Å². The summed E-state index contributed by atoms with van der Waals surface area (Å²) in [5.74, 6) is 0. The predicted molar refractivity (Wildman–Crippen MR) is 74.3 cm³/mol. The minimum Gasteiger partial charge on any atom is -0.317 e. The molecule has 0 aromatic heterocycles. The minimum absolute atomic E-state index is 0.486. The molecule has 17 heavy (non-hydrogen) atoms. The monoisotopic (exact) mass is 238 g/mol. The second-order valence-corrected chi connectivity index (χ2v) is 6.89. The van der Waals surface area contributed by atoms with Gasteiger partial charge in [0.25, 0.3) is 0 Å². The molecule has 2 bridgehead atoms. The SMILES string of the molecule is CCC(C)(C)CN1C2CCCC1CC(NC)C2. The summed E-state index contributed by atoms with van der Waals surface area (Å²) in [5, 5.41) is 3.50. The number of nitrogens with one attached hydrogen (secondary N) is 1. The molecule has 2 aliphatic heterocycles. The van der Waals surface area contributed by atoms with Crippen LogP contribution in [0.1, 0.15) is 59.3 Å². The second-order valence-electron chi connectivity index (χ2n) is 6.89. The van der Waals surface area contributed by atoms with Crippen molar-refractivity contribution in [2.24, 2.45) is 5.41 Å². The number of rotatable bonds is 4. The fourth-order valence-electron chi connectivity index (χ4n) is 3.58. The highest BCUT2D eigenvalue weighted by atomic mass is 15.2. The average molecular weight is 238 g/mol. The van der Waals surface area contributed by atoms with E-state index in [0.717, 1.165) is 18.1 Å². The molecule has 2 nitrogen and oxygen atoms in total. The molecule has 2 atom stereocenters. The molecule has 0 aliphatic carbocycles. The van der Waals surface area contributed by atoms with Gasteiger partial charge in [-0.2, -0.15) is 0 Å². The smallest absolute Gasteiger partial charge is 0.0113 e. The lowest BCUT2D eigenvalue weighted by Crippen LogP contribution is -2.57. The summed E-state index contributed by atoms with van der Waals surface area (Å²) in [5.41, 5.74) is 0.486. The third kappa shape index (κ3) is 3.03. The van der Waals surface area contributed by atoms with Gasteiger partial charge in [0.05, 0.1) is 0 Å². The number of fused-ring (bicyclic) bond motifs is 2. The number of piperidine rings is 2. The van der Waals surface area contributed by atoms with Crippen LogP contribution in [-0.2, 0) is 0 Å². The van der Waals surface area contributed by atoms with Crippen molar-refractivity contribution in [2.75, 3.05) is 13.6 Å². The first-order valence-electron chi connectivity index (χ1n) is 7.49. The maximum absolute atomic E-state index is 3.50. The molecule has 2 heteroatoms. The van der Waals surface area contributed by atoms with Crippen LogP contribution in [0.3, 0.4) is 0 Å². The molecular formula is C15H30N2. The van der Waals surface area contributed by atoms with Crippen molar-refractivity contribution in [1.82, 2.24) is 10.2 Å². The quantitative estimate of drug-likeness (QED) is 0.810. The second kappa shape index (κ2) is 5.27. The van der Waals surface area contributed by atoms with Gasteiger partial charge in [0.2, 0.25) is 0 Å². The summed E-state index contributed by atoms with van der Waals surface area (Å²) in [6, 6.07) is 2.47. The van der Waals surface area contributed by atoms with E-state index >= 15 is 0 Å². The van der Waals surface area contributed by atoms with Crippen LogP contribution in [0.25, 0.3) is 0 Å². The standard InChI is InChI=1S/C15H30N2/c1-5-15(2,3)11-17-13-7-6-8-14(17)10-12(9-13)16-4/h12-14,16H,5-11H2,1-4H3. The molecule has 0 aromatic carbocycles. The molecule has 0 radical (unpaired) electrons. The van der Waals surface area contributed by atoms with Crippen molar-refractivity contribution < 1.29 is 0 Å². The van der Waals surface area contributed by atoms with E-state index in [1.54, 1.807) is 0 Å². The number of hydrogen-bond donors (Lipinski definition) is 1. The van der Waals surface area contributed by atoms with Crippen LogP contribution in [0.4, 0.5) is 0 Å². The van der Waals surface area contributed by atoms with Crippen LogP contribution in [-0.4, -0.2) is 36.6 Å². The molecule has 0 spiro atoms. The lowest BCUT2D eigenvalue weighted by Gasteiger charge is -2.51. The van der Waals surface area contributed by atoms with E-state index in [9.17, 15) is 0 Å². The van der Waals surface area contributed by atoms with E-state index in [0.29, 0.717) is 5.41 Å². The summed E-state index contributed by atoms with van der Waals surface area (Å²) in [4.78, 5) is 2.85. The first-order valence-corrected chi connectivity index (χ1v) is 7.49. The molecule has 0 aromatic rings. The molecular weight excluding hydrogens is 208 g/mol. The first-order chi connectivity index (χ1) is 8.05. The highest BCUT2D eigenvalue weighted by Gasteiger charge is 2.39. The molecule has 0 saturated carbocycles. The van der Waals surface area contributed by atoms with Crippen molar-refractivity contribution in [3.63, 3.8) is 0 Å². The molecule has 2 heterocycles. The molecule has 2 saturated heterocycles. The normalized spacial score (nSPS) is 34.9. The van der Waals surface area contributed by atoms with Gasteiger partial charge in [0.15, 0.2) is 0 Å². The zero-order valence-electron chi connectivity index (χ0n) is 12.1. The van der Waals surface area contributed by atoms with Gasteiger partial charge in [-0.15, -0.1) is 0 Å². The van der Waals surface area contributed by atoms with Crippen molar-refractivity contribution >= 4 is 0 Å². The van der Waals surface area contributed by atoms with Gasteiger partial charge in [0, 0.05) is 24.7 Å². The van der Waals surface area contributed by atoms with Crippen molar-refractivity contribution in [3.8, 4) is 0 Å². The van der Waals surface area contributed by atoms with Gasteiger partial charge in [-0.25, -0.2) is 0 Å². The number of hydrogen-bond acceptors (Lipinski definition) is 2. The van der Waals surface area contributed by atoms with Gasteiger partial charge in [-0.05, 0) is 44.6 Å². The highest BCUT2D eigenvalue weighted by molar-refractivity contribution is 4.96. The molecule has 2 rings (SSSR count). The predicted octanol–water partition coefficient (Wildman–Crippen LogP) is 3.03. The summed E-state index contributed by atoms with van der Waals surface area (Å²) in [6.45, 7) is 8.48. The molecule has 2 fully saturated rings. The van der Waals surface area contributed by atoms with Crippen LogP contribution < -0.4 is 5.32 Å². The first kappa shape index (κ1) is 13.4. The van der Waals surface area contributed by atoms with Crippen LogP contribution in [0.5, 0.6) is 0 Å². The molecule has 100 valence electrons. The summed E-state index contributed by atoms with van der Waals surface area (Å²) < 4.78 is 0. The fraction of sp³-hybridized carbons (Fsp3) is 1.00. The Morgan fingerprint density at radius 3 is 2.24 bits per heavy atom. The third-order valence-corrected chi connectivity index (χ3v) is 5.10. The largest absolute Gasteiger partial charge is 0.317 e. The maximum atomic E-state index is 3.50. The van der Waals surface area contributed by atoms with Crippen molar-refractivity contribution in [1.29, 1.82) is 0 Å². The van der Waals surface area contributed by atoms with Crippen LogP contribution in [0, 0.1) is 5.41 Å². The maximum Gasteiger partial charge on any atom is 0.0113 e. The van der Waals surface area contributed by atoms with Gasteiger partial charge in [-0.3, -0.25) is 4.90 Å².